The fourth-order valence-corrected chi connectivity index (χ4v) is 4.21. The molecule has 0 radical (unpaired) electrons. The van der Waals surface area contributed by atoms with E-state index < -0.39 is 34.7 Å². The summed E-state index contributed by atoms with van der Waals surface area (Å²) in [4.78, 5) is 22.4. The van der Waals surface area contributed by atoms with Gasteiger partial charge >= 0.3 is 6.09 Å². The van der Waals surface area contributed by atoms with Gasteiger partial charge in [0.05, 0.1) is 11.0 Å². The monoisotopic (exact) mass is 466 g/mol. The summed E-state index contributed by atoms with van der Waals surface area (Å²) in [6.45, 7) is 0.0787. The van der Waals surface area contributed by atoms with Crippen LogP contribution in [0.5, 0.6) is 0 Å². The Balaban J connectivity index is 1.30. The van der Waals surface area contributed by atoms with Crippen LogP contribution >= 0.6 is 0 Å². The molecule has 0 bridgehead atoms. The van der Waals surface area contributed by atoms with Gasteiger partial charge in [-0.05, 0) is 34.7 Å². The van der Waals surface area contributed by atoms with E-state index in [4.69, 9.17) is 4.74 Å². The lowest BCUT2D eigenvalue weighted by molar-refractivity contribution is -0.385. The van der Waals surface area contributed by atoms with E-state index >= 15 is 0 Å². The maximum Gasteiger partial charge on any atom is 0.407 e. The van der Waals surface area contributed by atoms with Crippen LogP contribution in [0, 0.1) is 15.9 Å². The molecule has 3 aromatic rings. The van der Waals surface area contributed by atoms with Gasteiger partial charge in [-0.2, -0.15) is 0 Å². The molecule has 1 aliphatic rings. The van der Waals surface area contributed by atoms with E-state index in [9.17, 15) is 29.5 Å². The molecule has 1 amide bonds. The number of fused-ring (bicyclic) bond motifs is 3. The van der Waals surface area contributed by atoms with Crippen LogP contribution in [-0.4, -0.2) is 40.5 Å². The van der Waals surface area contributed by atoms with Gasteiger partial charge in [-0.15, -0.1) is 0 Å². The lowest BCUT2D eigenvalue weighted by atomic mass is 9.98. The Bertz CT molecular complexity index is 1170. The highest BCUT2D eigenvalue weighted by Crippen LogP contribution is 2.44. The zero-order chi connectivity index (χ0) is 24.2. The standard InChI is InChI=1S/C25H23FN2O6/c26-22-10-9-15(28(32)33)13-20(22)24(30)23(29)11-12-27-25(31)34-14-21-18-7-3-1-5-16(18)17-6-2-4-8-19(17)21/h1-10,13,21,23-24,29-30H,11-12,14H2,(H,27,31). The van der Waals surface area contributed by atoms with E-state index in [-0.39, 0.29) is 31.1 Å². The van der Waals surface area contributed by atoms with Crippen molar-refractivity contribution < 1.29 is 29.1 Å². The summed E-state index contributed by atoms with van der Waals surface area (Å²) in [5, 5.41) is 33.8. The van der Waals surface area contributed by atoms with Gasteiger partial charge in [0.1, 0.15) is 18.5 Å². The highest BCUT2D eigenvalue weighted by molar-refractivity contribution is 5.79. The molecule has 34 heavy (non-hydrogen) atoms. The van der Waals surface area contributed by atoms with Gasteiger partial charge in [0.2, 0.25) is 0 Å². The second kappa shape index (κ2) is 9.98. The first-order valence-corrected chi connectivity index (χ1v) is 10.8. The molecule has 2 unspecified atom stereocenters. The van der Waals surface area contributed by atoms with Crippen LogP contribution in [-0.2, 0) is 4.74 Å². The van der Waals surface area contributed by atoms with E-state index in [1.54, 1.807) is 0 Å². The van der Waals surface area contributed by atoms with E-state index in [2.05, 4.69) is 5.32 Å². The molecule has 0 aromatic heterocycles. The molecular weight excluding hydrogens is 443 g/mol. The number of benzene rings is 3. The number of aliphatic hydroxyl groups excluding tert-OH is 2. The van der Waals surface area contributed by atoms with Crippen molar-refractivity contribution in [2.45, 2.75) is 24.5 Å². The number of nitrogens with one attached hydrogen (secondary N) is 1. The number of rotatable bonds is 8. The van der Waals surface area contributed by atoms with Crippen LogP contribution in [0.1, 0.15) is 35.1 Å². The number of ether oxygens (including phenoxy) is 1. The molecule has 176 valence electrons. The number of halogens is 1. The summed E-state index contributed by atoms with van der Waals surface area (Å²) in [5.74, 6) is -0.968. The topological polar surface area (TPSA) is 122 Å². The van der Waals surface area contributed by atoms with Crippen molar-refractivity contribution in [2.24, 2.45) is 0 Å². The molecule has 0 saturated heterocycles. The van der Waals surface area contributed by atoms with E-state index in [0.29, 0.717) is 0 Å². The maximum absolute atomic E-state index is 14.0. The zero-order valence-corrected chi connectivity index (χ0v) is 18.1. The molecule has 0 fully saturated rings. The lowest BCUT2D eigenvalue weighted by Crippen LogP contribution is -2.31. The Kier molecular flexibility index (Phi) is 6.85. The molecule has 1 aliphatic carbocycles. The number of carbonyl (C=O) groups excluding carboxylic acids is 1. The molecule has 9 heteroatoms. The predicted octanol–water partition coefficient (Wildman–Crippen LogP) is 4.06. The minimum Gasteiger partial charge on any atom is -0.449 e. The SMILES string of the molecule is O=C(NCCC(O)C(O)c1cc([N+](=O)[O-])ccc1F)OCC1c2ccccc2-c2ccccc21. The number of alkyl carbamates (subject to hydrolysis) is 1. The molecule has 2 atom stereocenters. The Morgan fingerprint density at radius 2 is 1.68 bits per heavy atom. The van der Waals surface area contributed by atoms with Crippen molar-refractivity contribution in [1.82, 2.24) is 5.32 Å². The van der Waals surface area contributed by atoms with Gasteiger partial charge < -0.3 is 20.3 Å². The van der Waals surface area contributed by atoms with E-state index in [1.807, 2.05) is 48.5 Å². The number of nitrogens with zero attached hydrogens (tertiary/aromatic N) is 1. The number of non-ortho nitro benzene ring substituents is 1. The van der Waals surface area contributed by atoms with Crippen molar-refractivity contribution in [1.29, 1.82) is 0 Å². The highest BCUT2D eigenvalue weighted by Gasteiger charge is 2.29. The number of carbonyl (C=O) groups is 1. The molecule has 0 spiro atoms. The molecular formula is C25H23FN2O6. The summed E-state index contributed by atoms with van der Waals surface area (Å²) < 4.78 is 19.4. The predicted molar refractivity (Wildman–Crippen MR) is 122 cm³/mol. The summed E-state index contributed by atoms with van der Waals surface area (Å²) in [6.07, 6.45) is -3.95. The third kappa shape index (κ3) is 4.75. The number of nitro groups is 1. The minimum absolute atomic E-state index is 0.0502. The smallest absolute Gasteiger partial charge is 0.407 e. The van der Waals surface area contributed by atoms with E-state index in [1.165, 1.54) is 0 Å². The average Bonchev–Trinajstić information content (AvgIpc) is 3.16. The molecule has 3 N–H and O–H groups in total. The minimum atomic E-state index is -1.69. The molecule has 0 saturated carbocycles. The number of nitro benzene ring substituents is 1. The number of amides is 1. The Morgan fingerprint density at radius 1 is 1.06 bits per heavy atom. The third-order valence-corrected chi connectivity index (χ3v) is 5.93. The Morgan fingerprint density at radius 3 is 2.29 bits per heavy atom. The van der Waals surface area contributed by atoms with Gasteiger partial charge in [0.25, 0.3) is 5.69 Å². The van der Waals surface area contributed by atoms with Crippen LogP contribution in [0.15, 0.2) is 66.7 Å². The summed E-state index contributed by atoms with van der Waals surface area (Å²) in [7, 11) is 0. The van der Waals surface area contributed by atoms with Crippen molar-refractivity contribution in [3.8, 4) is 11.1 Å². The van der Waals surface area contributed by atoms with Gasteiger partial charge in [0, 0.05) is 30.2 Å². The summed E-state index contributed by atoms with van der Waals surface area (Å²) in [6, 6.07) is 18.6. The molecule has 3 aromatic carbocycles. The van der Waals surface area contributed by atoms with Crippen molar-refractivity contribution in [3.05, 3.63) is 99.4 Å². The van der Waals surface area contributed by atoms with Crippen LogP contribution in [0.2, 0.25) is 0 Å². The van der Waals surface area contributed by atoms with Crippen LogP contribution in [0.25, 0.3) is 11.1 Å². The second-order valence-electron chi connectivity index (χ2n) is 8.02. The molecule has 4 rings (SSSR count). The largest absolute Gasteiger partial charge is 0.449 e. The molecule has 0 heterocycles. The van der Waals surface area contributed by atoms with Crippen molar-refractivity contribution in [2.75, 3.05) is 13.2 Å². The average molecular weight is 466 g/mol. The first-order valence-electron chi connectivity index (χ1n) is 10.8. The summed E-state index contributed by atoms with van der Waals surface area (Å²) in [5.41, 5.74) is 3.58. The van der Waals surface area contributed by atoms with Crippen LogP contribution in [0.3, 0.4) is 0 Å². The quantitative estimate of drug-likeness (QED) is 0.340. The van der Waals surface area contributed by atoms with Gasteiger partial charge in [-0.25, -0.2) is 9.18 Å². The van der Waals surface area contributed by atoms with Crippen LogP contribution < -0.4 is 5.32 Å². The summed E-state index contributed by atoms with van der Waals surface area (Å²) >= 11 is 0. The third-order valence-electron chi connectivity index (χ3n) is 5.93. The van der Waals surface area contributed by atoms with Gasteiger partial charge in [0.15, 0.2) is 0 Å². The van der Waals surface area contributed by atoms with Crippen molar-refractivity contribution >= 4 is 11.8 Å². The zero-order valence-electron chi connectivity index (χ0n) is 18.1. The fraction of sp³-hybridized carbons (Fsp3) is 0.240. The molecule has 8 nitrogen and oxygen atoms in total. The Labute approximate surface area is 194 Å². The first kappa shape index (κ1) is 23.3. The Hall–Kier alpha value is -3.82. The lowest BCUT2D eigenvalue weighted by Gasteiger charge is -2.19. The van der Waals surface area contributed by atoms with E-state index in [0.717, 1.165) is 40.5 Å². The number of hydrogen-bond donors (Lipinski definition) is 3. The van der Waals surface area contributed by atoms with Gasteiger partial charge in [-0.1, -0.05) is 48.5 Å². The number of aliphatic hydroxyl groups is 2. The second-order valence-corrected chi connectivity index (χ2v) is 8.02. The first-order chi connectivity index (χ1) is 16.4. The van der Waals surface area contributed by atoms with Crippen molar-refractivity contribution in [3.63, 3.8) is 0 Å². The molecule has 0 aliphatic heterocycles. The normalized spacial score (nSPS) is 14.1. The highest BCUT2D eigenvalue weighted by atomic mass is 19.1. The maximum atomic E-state index is 14.0. The number of hydrogen-bond acceptors (Lipinski definition) is 6. The fourth-order valence-electron chi connectivity index (χ4n) is 4.21. The van der Waals surface area contributed by atoms with Gasteiger partial charge in [-0.3, -0.25) is 10.1 Å². The van der Waals surface area contributed by atoms with Crippen LogP contribution in [0.4, 0.5) is 14.9 Å².